The molecule has 5 heteroatoms. The molecule has 0 saturated heterocycles. The van der Waals surface area contributed by atoms with E-state index in [1.54, 1.807) is 6.92 Å². The van der Waals surface area contributed by atoms with Gasteiger partial charge >= 0.3 is 6.36 Å². The van der Waals surface area contributed by atoms with Crippen LogP contribution in [0.4, 0.5) is 17.6 Å². The first-order chi connectivity index (χ1) is 8.00. The molecule has 0 aliphatic rings. The molecular weight excluding hydrogens is 248 g/mol. The van der Waals surface area contributed by atoms with Crippen molar-refractivity contribution >= 4 is 0 Å². The van der Waals surface area contributed by atoms with Crippen LogP contribution in [0.3, 0.4) is 0 Å². The van der Waals surface area contributed by atoms with E-state index in [9.17, 15) is 17.6 Å². The topological polar surface area (TPSA) is 9.23 Å². The summed E-state index contributed by atoms with van der Waals surface area (Å²) in [6, 6.07) is 3.08. The van der Waals surface area contributed by atoms with Gasteiger partial charge in [0.25, 0.3) is 0 Å². The van der Waals surface area contributed by atoms with E-state index in [2.05, 4.69) is 4.74 Å². The van der Waals surface area contributed by atoms with E-state index in [0.717, 1.165) is 18.2 Å². The van der Waals surface area contributed by atoms with Gasteiger partial charge in [-0.25, -0.2) is 4.39 Å². The Kier molecular flexibility index (Phi) is 3.93. The van der Waals surface area contributed by atoms with Gasteiger partial charge in [-0.2, -0.15) is 0 Å². The first-order valence-corrected chi connectivity index (χ1v) is 5.56. The van der Waals surface area contributed by atoms with Crippen molar-refractivity contribution in [1.82, 2.24) is 0 Å². The zero-order chi connectivity index (χ0) is 14.1. The van der Waals surface area contributed by atoms with Gasteiger partial charge in [-0.15, -0.1) is 13.2 Å². The average Bonchev–Trinajstić information content (AvgIpc) is 2.16. The van der Waals surface area contributed by atoms with E-state index in [4.69, 9.17) is 0 Å². The molecule has 1 aromatic carbocycles. The second-order valence-corrected chi connectivity index (χ2v) is 5.32. The summed E-state index contributed by atoms with van der Waals surface area (Å²) < 4.78 is 53.7. The zero-order valence-electron chi connectivity index (χ0n) is 10.7. The molecule has 0 saturated carbocycles. The maximum Gasteiger partial charge on any atom is 0.573 e. The Balaban J connectivity index is 3.09. The minimum Gasteiger partial charge on any atom is -0.406 e. The van der Waals surface area contributed by atoms with E-state index in [-0.39, 0.29) is 16.9 Å². The Bertz CT molecular complexity index is 418. The van der Waals surface area contributed by atoms with Gasteiger partial charge in [0.1, 0.15) is 11.6 Å². The molecule has 1 atom stereocenters. The van der Waals surface area contributed by atoms with Crippen LogP contribution < -0.4 is 4.74 Å². The molecule has 0 aromatic heterocycles. The molecule has 0 heterocycles. The number of alkyl halides is 3. The monoisotopic (exact) mass is 264 g/mol. The summed E-state index contributed by atoms with van der Waals surface area (Å²) in [7, 11) is 0. The van der Waals surface area contributed by atoms with Crippen LogP contribution in [-0.2, 0) is 0 Å². The zero-order valence-corrected chi connectivity index (χ0v) is 10.7. The highest BCUT2D eigenvalue weighted by atomic mass is 19.4. The van der Waals surface area contributed by atoms with Crippen LogP contribution >= 0.6 is 0 Å². The molecule has 0 fully saturated rings. The standard InChI is InChI=1S/C13H16F4O/c1-8(12(2,3)4)10-7-9(5-6-11(10)14)18-13(15,16)17/h5-8H,1-4H3/t8-/m1/s1. The summed E-state index contributed by atoms with van der Waals surface area (Å²) in [5.41, 5.74) is -0.0261. The number of hydrogen-bond acceptors (Lipinski definition) is 1. The molecule has 0 radical (unpaired) electrons. The van der Waals surface area contributed by atoms with E-state index >= 15 is 0 Å². The van der Waals surface area contributed by atoms with Gasteiger partial charge in [0, 0.05) is 0 Å². The second-order valence-electron chi connectivity index (χ2n) is 5.32. The molecule has 0 aliphatic heterocycles. The van der Waals surface area contributed by atoms with Crippen LogP contribution in [0, 0.1) is 11.2 Å². The van der Waals surface area contributed by atoms with Gasteiger partial charge < -0.3 is 4.74 Å². The van der Waals surface area contributed by atoms with E-state index in [1.807, 2.05) is 20.8 Å². The summed E-state index contributed by atoms with van der Waals surface area (Å²) >= 11 is 0. The number of benzene rings is 1. The first kappa shape index (κ1) is 14.8. The van der Waals surface area contributed by atoms with Gasteiger partial charge in [0.2, 0.25) is 0 Å². The SMILES string of the molecule is C[C@H](c1cc(OC(F)(F)F)ccc1F)C(C)(C)C. The maximum absolute atomic E-state index is 13.6. The van der Waals surface area contributed by atoms with Gasteiger partial charge in [-0.1, -0.05) is 27.7 Å². The fraction of sp³-hybridized carbons (Fsp3) is 0.538. The van der Waals surface area contributed by atoms with Crippen molar-refractivity contribution in [3.8, 4) is 5.75 Å². The predicted octanol–water partition coefficient (Wildman–Crippen LogP) is 4.87. The van der Waals surface area contributed by atoms with Crippen molar-refractivity contribution in [3.05, 3.63) is 29.6 Å². The molecule has 18 heavy (non-hydrogen) atoms. The molecule has 0 bridgehead atoms. The van der Waals surface area contributed by atoms with Gasteiger partial charge in [-0.05, 0) is 35.1 Å². The van der Waals surface area contributed by atoms with E-state index in [1.165, 1.54) is 0 Å². The predicted molar refractivity (Wildman–Crippen MR) is 61.0 cm³/mol. The molecule has 0 spiro atoms. The summed E-state index contributed by atoms with van der Waals surface area (Å²) in [4.78, 5) is 0. The summed E-state index contributed by atoms with van der Waals surface area (Å²) in [6.45, 7) is 7.47. The van der Waals surface area contributed by atoms with Crippen LogP contribution in [-0.4, -0.2) is 6.36 Å². The molecule has 0 aliphatic carbocycles. The highest BCUT2D eigenvalue weighted by molar-refractivity contribution is 5.33. The Morgan fingerprint density at radius 3 is 2.11 bits per heavy atom. The van der Waals surface area contributed by atoms with Crippen LogP contribution in [0.5, 0.6) is 5.75 Å². The lowest BCUT2D eigenvalue weighted by molar-refractivity contribution is -0.274. The molecule has 1 aromatic rings. The molecule has 102 valence electrons. The number of halogens is 4. The molecule has 0 amide bonds. The minimum absolute atomic E-state index is 0.226. The summed E-state index contributed by atoms with van der Waals surface area (Å²) in [5.74, 6) is -1.14. The van der Waals surface area contributed by atoms with Crippen molar-refractivity contribution < 1.29 is 22.3 Å². The van der Waals surface area contributed by atoms with Crippen LogP contribution in [0.2, 0.25) is 0 Å². The Hall–Kier alpha value is -1.26. The van der Waals surface area contributed by atoms with Gasteiger partial charge in [0.15, 0.2) is 0 Å². The van der Waals surface area contributed by atoms with Crippen molar-refractivity contribution in [2.24, 2.45) is 5.41 Å². The van der Waals surface area contributed by atoms with E-state index in [0.29, 0.717) is 0 Å². The highest BCUT2D eigenvalue weighted by Crippen LogP contribution is 2.37. The number of rotatable bonds is 2. The van der Waals surface area contributed by atoms with Gasteiger partial charge in [-0.3, -0.25) is 0 Å². The van der Waals surface area contributed by atoms with Crippen molar-refractivity contribution in [2.75, 3.05) is 0 Å². The Morgan fingerprint density at radius 2 is 1.67 bits per heavy atom. The summed E-state index contributed by atoms with van der Waals surface area (Å²) in [5, 5.41) is 0. The first-order valence-electron chi connectivity index (χ1n) is 5.56. The molecule has 0 N–H and O–H groups in total. The van der Waals surface area contributed by atoms with Crippen LogP contribution in [0.25, 0.3) is 0 Å². The average molecular weight is 264 g/mol. The Morgan fingerprint density at radius 1 is 1.11 bits per heavy atom. The van der Waals surface area contributed by atoms with Crippen molar-refractivity contribution in [1.29, 1.82) is 0 Å². The number of hydrogen-bond donors (Lipinski definition) is 0. The lowest BCUT2D eigenvalue weighted by Gasteiger charge is -2.28. The van der Waals surface area contributed by atoms with Crippen LogP contribution in [0.15, 0.2) is 18.2 Å². The second kappa shape index (κ2) is 4.78. The van der Waals surface area contributed by atoms with Crippen molar-refractivity contribution in [3.63, 3.8) is 0 Å². The van der Waals surface area contributed by atoms with Crippen LogP contribution in [0.1, 0.15) is 39.2 Å². The molecule has 1 rings (SSSR count). The van der Waals surface area contributed by atoms with E-state index < -0.39 is 17.9 Å². The van der Waals surface area contributed by atoms with Crippen molar-refractivity contribution in [2.45, 2.75) is 40.0 Å². The molecule has 0 unspecified atom stereocenters. The lowest BCUT2D eigenvalue weighted by Crippen LogP contribution is -2.19. The third-order valence-electron chi connectivity index (χ3n) is 2.97. The van der Waals surface area contributed by atoms with Gasteiger partial charge in [0.05, 0.1) is 0 Å². The fourth-order valence-corrected chi connectivity index (χ4v) is 1.52. The smallest absolute Gasteiger partial charge is 0.406 e. The molecule has 1 nitrogen and oxygen atoms in total. The highest BCUT2D eigenvalue weighted by Gasteiger charge is 2.32. The quantitative estimate of drug-likeness (QED) is 0.692. The third kappa shape index (κ3) is 3.89. The minimum atomic E-state index is -4.76. The third-order valence-corrected chi connectivity index (χ3v) is 2.97. The maximum atomic E-state index is 13.6. The summed E-state index contributed by atoms with van der Waals surface area (Å²) in [6.07, 6.45) is -4.76. The molecular formula is C13H16F4O. The normalized spacial score (nSPS) is 14.4. The number of ether oxygens (including phenoxy) is 1. The largest absolute Gasteiger partial charge is 0.573 e. The Labute approximate surface area is 104 Å². The fourth-order valence-electron chi connectivity index (χ4n) is 1.52. The lowest BCUT2D eigenvalue weighted by atomic mass is 9.77.